The summed E-state index contributed by atoms with van der Waals surface area (Å²) in [4.78, 5) is 15.9. The highest BCUT2D eigenvalue weighted by Crippen LogP contribution is 2.34. The van der Waals surface area contributed by atoms with Crippen molar-refractivity contribution in [2.45, 2.75) is 0 Å². The minimum Gasteiger partial charge on any atom is -0.504 e. The molecule has 0 aliphatic heterocycles. The predicted octanol–water partition coefficient (Wildman–Crippen LogP) is 1.97. The second-order valence-electron chi connectivity index (χ2n) is 4.17. The Morgan fingerprint density at radius 2 is 1.85 bits per heavy atom. The Kier molecular flexibility index (Phi) is 2.57. The SMILES string of the molecule is O=c1c(O)c(-c2ccc(O)c(O)c2)oc2ncccc12. The van der Waals surface area contributed by atoms with E-state index in [2.05, 4.69) is 4.98 Å². The van der Waals surface area contributed by atoms with Crippen LogP contribution in [0.3, 0.4) is 0 Å². The summed E-state index contributed by atoms with van der Waals surface area (Å²) in [5.74, 6) is -1.38. The maximum Gasteiger partial charge on any atom is 0.236 e. The molecule has 0 fully saturated rings. The summed E-state index contributed by atoms with van der Waals surface area (Å²) in [7, 11) is 0. The third-order valence-corrected chi connectivity index (χ3v) is 2.88. The van der Waals surface area contributed by atoms with Crippen LogP contribution in [0, 0.1) is 0 Å². The topological polar surface area (TPSA) is 104 Å². The number of nitrogens with zero attached hydrogens (tertiary/aromatic N) is 1. The van der Waals surface area contributed by atoms with Crippen LogP contribution in [0.25, 0.3) is 22.4 Å². The number of phenols is 2. The van der Waals surface area contributed by atoms with Crippen LogP contribution in [-0.2, 0) is 0 Å². The second kappa shape index (κ2) is 4.27. The normalized spacial score (nSPS) is 10.8. The Hall–Kier alpha value is -3.02. The summed E-state index contributed by atoms with van der Waals surface area (Å²) in [6, 6.07) is 6.87. The molecule has 0 saturated carbocycles. The van der Waals surface area contributed by atoms with Crippen molar-refractivity contribution >= 4 is 11.1 Å². The van der Waals surface area contributed by atoms with Gasteiger partial charge in [-0.1, -0.05) is 0 Å². The van der Waals surface area contributed by atoms with E-state index >= 15 is 0 Å². The summed E-state index contributed by atoms with van der Waals surface area (Å²) in [5, 5.41) is 28.8. The van der Waals surface area contributed by atoms with Crippen LogP contribution in [0.4, 0.5) is 0 Å². The number of pyridine rings is 1. The molecule has 100 valence electrons. The fraction of sp³-hybridized carbons (Fsp3) is 0. The van der Waals surface area contributed by atoms with Crippen LogP contribution in [0.1, 0.15) is 0 Å². The van der Waals surface area contributed by atoms with E-state index < -0.39 is 11.2 Å². The monoisotopic (exact) mass is 271 g/mol. The van der Waals surface area contributed by atoms with Gasteiger partial charge in [-0.2, -0.15) is 0 Å². The van der Waals surface area contributed by atoms with E-state index in [0.29, 0.717) is 0 Å². The number of benzene rings is 1. The maximum absolute atomic E-state index is 12.0. The van der Waals surface area contributed by atoms with Crippen molar-refractivity contribution in [3.8, 4) is 28.6 Å². The first-order chi connectivity index (χ1) is 9.58. The van der Waals surface area contributed by atoms with E-state index in [-0.39, 0.29) is 33.9 Å². The lowest BCUT2D eigenvalue weighted by molar-refractivity contribution is 0.403. The molecule has 0 bridgehead atoms. The van der Waals surface area contributed by atoms with Gasteiger partial charge in [0.25, 0.3) is 0 Å². The lowest BCUT2D eigenvalue weighted by atomic mass is 10.1. The zero-order valence-corrected chi connectivity index (χ0v) is 10.1. The zero-order valence-electron chi connectivity index (χ0n) is 10.1. The van der Waals surface area contributed by atoms with Crippen molar-refractivity contribution in [3.05, 3.63) is 46.8 Å². The fourth-order valence-electron chi connectivity index (χ4n) is 1.88. The number of rotatable bonds is 1. The van der Waals surface area contributed by atoms with E-state index in [0.717, 1.165) is 0 Å². The first kappa shape index (κ1) is 12.0. The molecule has 1 aromatic carbocycles. The van der Waals surface area contributed by atoms with Gasteiger partial charge in [-0.25, -0.2) is 4.98 Å². The Balaban J connectivity index is 2.33. The molecule has 0 saturated heterocycles. The largest absolute Gasteiger partial charge is 0.504 e. The van der Waals surface area contributed by atoms with Crippen molar-refractivity contribution in [3.63, 3.8) is 0 Å². The standard InChI is InChI=1S/C14H9NO5/c16-9-4-3-7(6-10(9)17)13-12(19)11(18)8-2-1-5-15-14(8)20-13/h1-6,16-17,19H. The van der Waals surface area contributed by atoms with Crippen LogP contribution >= 0.6 is 0 Å². The van der Waals surface area contributed by atoms with Crippen LogP contribution in [0.2, 0.25) is 0 Å². The molecule has 6 nitrogen and oxygen atoms in total. The molecule has 20 heavy (non-hydrogen) atoms. The van der Waals surface area contributed by atoms with Gasteiger partial charge < -0.3 is 19.7 Å². The Bertz CT molecular complexity index is 869. The lowest BCUT2D eigenvalue weighted by Crippen LogP contribution is -2.03. The first-order valence-corrected chi connectivity index (χ1v) is 5.71. The van der Waals surface area contributed by atoms with Crippen molar-refractivity contribution < 1.29 is 19.7 Å². The van der Waals surface area contributed by atoms with E-state index in [1.807, 2.05) is 0 Å². The van der Waals surface area contributed by atoms with Crippen molar-refractivity contribution in [1.29, 1.82) is 0 Å². The first-order valence-electron chi connectivity index (χ1n) is 5.71. The van der Waals surface area contributed by atoms with Crippen LogP contribution in [-0.4, -0.2) is 20.3 Å². The third-order valence-electron chi connectivity index (χ3n) is 2.88. The molecule has 2 heterocycles. The molecule has 0 radical (unpaired) electrons. The minimum atomic E-state index is -0.609. The molecule has 2 aromatic heterocycles. The van der Waals surface area contributed by atoms with E-state index in [1.54, 1.807) is 6.07 Å². The molecule has 0 aliphatic carbocycles. The van der Waals surface area contributed by atoms with Gasteiger partial charge in [-0.3, -0.25) is 4.79 Å². The quantitative estimate of drug-likeness (QED) is 0.584. The van der Waals surface area contributed by atoms with Crippen molar-refractivity contribution in [2.75, 3.05) is 0 Å². The average molecular weight is 271 g/mol. The van der Waals surface area contributed by atoms with Gasteiger partial charge in [0, 0.05) is 11.8 Å². The van der Waals surface area contributed by atoms with E-state index in [1.165, 1.54) is 30.5 Å². The number of fused-ring (bicyclic) bond motifs is 1. The summed E-state index contributed by atoms with van der Waals surface area (Å²) in [5.41, 5.74) is -0.276. The molecule has 0 amide bonds. The molecule has 3 aromatic rings. The zero-order chi connectivity index (χ0) is 14.3. The highest BCUT2D eigenvalue weighted by Gasteiger charge is 2.16. The highest BCUT2D eigenvalue weighted by molar-refractivity contribution is 5.79. The summed E-state index contributed by atoms with van der Waals surface area (Å²) < 4.78 is 5.40. The molecule has 0 spiro atoms. The molecule has 0 atom stereocenters. The Labute approximate surface area is 112 Å². The van der Waals surface area contributed by atoms with Crippen LogP contribution < -0.4 is 5.43 Å². The van der Waals surface area contributed by atoms with Gasteiger partial charge in [0.1, 0.15) is 0 Å². The molecule has 3 rings (SSSR count). The molecule has 3 N–H and O–H groups in total. The number of aromatic nitrogens is 1. The van der Waals surface area contributed by atoms with Gasteiger partial charge in [0.15, 0.2) is 17.3 Å². The fourth-order valence-corrected chi connectivity index (χ4v) is 1.88. The number of phenolic OH excluding ortho intramolecular Hbond substituents is 2. The second-order valence-corrected chi connectivity index (χ2v) is 4.17. The van der Waals surface area contributed by atoms with Crippen molar-refractivity contribution in [1.82, 2.24) is 4.98 Å². The molecular weight excluding hydrogens is 262 g/mol. The summed E-state index contributed by atoms with van der Waals surface area (Å²) in [6.45, 7) is 0. The molecular formula is C14H9NO5. The van der Waals surface area contributed by atoms with Crippen LogP contribution in [0.15, 0.2) is 45.7 Å². The summed E-state index contributed by atoms with van der Waals surface area (Å²) >= 11 is 0. The number of aromatic hydroxyl groups is 3. The van der Waals surface area contributed by atoms with Crippen LogP contribution in [0.5, 0.6) is 17.2 Å². The molecule has 6 heteroatoms. The van der Waals surface area contributed by atoms with Gasteiger partial charge in [0.2, 0.25) is 16.9 Å². The molecule has 0 unspecified atom stereocenters. The summed E-state index contributed by atoms with van der Waals surface area (Å²) in [6.07, 6.45) is 1.46. The van der Waals surface area contributed by atoms with E-state index in [9.17, 15) is 20.1 Å². The minimum absolute atomic E-state index is 0.0814. The van der Waals surface area contributed by atoms with Gasteiger partial charge in [-0.05, 0) is 30.3 Å². The lowest BCUT2D eigenvalue weighted by Gasteiger charge is -2.06. The van der Waals surface area contributed by atoms with Gasteiger partial charge >= 0.3 is 0 Å². The molecule has 0 aliphatic rings. The van der Waals surface area contributed by atoms with Gasteiger partial charge in [-0.15, -0.1) is 0 Å². The maximum atomic E-state index is 12.0. The number of hydrogen-bond donors (Lipinski definition) is 3. The predicted molar refractivity (Wildman–Crippen MR) is 70.7 cm³/mol. The third kappa shape index (κ3) is 1.74. The highest BCUT2D eigenvalue weighted by atomic mass is 16.4. The Morgan fingerprint density at radius 3 is 2.60 bits per heavy atom. The number of hydrogen-bond acceptors (Lipinski definition) is 6. The smallest absolute Gasteiger partial charge is 0.236 e. The Morgan fingerprint density at radius 1 is 1.05 bits per heavy atom. The van der Waals surface area contributed by atoms with Gasteiger partial charge in [0.05, 0.1) is 5.39 Å². The van der Waals surface area contributed by atoms with Crippen molar-refractivity contribution in [2.24, 2.45) is 0 Å². The average Bonchev–Trinajstić information content (AvgIpc) is 2.46. The van der Waals surface area contributed by atoms with E-state index in [4.69, 9.17) is 4.42 Å².